The zero-order valence-corrected chi connectivity index (χ0v) is 12.7. The van der Waals surface area contributed by atoms with Crippen LogP contribution < -0.4 is 0 Å². The van der Waals surface area contributed by atoms with Gasteiger partial charge in [-0.15, -0.1) is 4.67 Å². The van der Waals surface area contributed by atoms with E-state index in [-0.39, 0.29) is 18.9 Å². The Labute approximate surface area is 127 Å². The summed E-state index contributed by atoms with van der Waals surface area (Å²) in [6, 6.07) is 0. The summed E-state index contributed by atoms with van der Waals surface area (Å²) in [5.74, 6) is -3.78. The van der Waals surface area contributed by atoms with Gasteiger partial charge in [0.1, 0.15) is 0 Å². The Morgan fingerprint density at radius 2 is 2.05 bits per heavy atom. The Kier molecular flexibility index (Phi) is 7.47. The lowest BCUT2D eigenvalue weighted by Crippen LogP contribution is -2.20. The van der Waals surface area contributed by atoms with E-state index in [0.717, 1.165) is 0 Å². The quantitative estimate of drug-likeness (QED) is 0.313. The van der Waals surface area contributed by atoms with E-state index in [9.17, 15) is 19.0 Å². The van der Waals surface area contributed by atoms with E-state index in [1.54, 1.807) is 0 Å². The molecule has 8 nitrogen and oxygen atoms in total. The molecule has 0 spiro atoms. The fourth-order valence-corrected chi connectivity index (χ4v) is 3.04. The topological polar surface area (TPSA) is 130 Å². The number of aliphatic carboxylic acids is 2. The number of allylic oxidation sites excluding steroid dienone is 3. The summed E-state index contributed by atoms with van der Waals surface area (Å²) in [5, 5.41) is 17.5. The molecule has 0 saturated heterocycles. The molecule has 0 saturated carbocycles. The highest BCUT2D eigenvalue weighted by molar-refractivity contribution is 7.52. The molecule has 3 unspecified atom stereocenters. The number of carboxylic acids is 2. The van der Waals surface area contributed by atoms with E-state index in [1.165, 1.54) is 0 Å². The molecule has 22 heavy (non-hydrogen) atoms. The summed E-state index contributed by atoms with van der Waals surface area (Å²) >= 11 is 0. The largest absolute Gasteiger partial charge is 0.481 e. The van der Waals surface area contributed by atoms with Crippen molar-refractivity contribution >= 4 is 19.5 Å². The molecular weight excluding hydrogens is 315 g/mol. The molecule has 9 heteroatoms. The second-order valence-corrected chi connectivity index (χ2v) is 6.74. The Balaban J connectivity index is 2.40. The van der Waals surface area contributed by atoms with Gasteiger partial charge in [-0.3, -0.25) is 14.2 Å². The third-order valence-electron chi connectivity index (χ3n) is 3.03. The monoisotopic (exact) mass is 334 g/mol. The second-order valence-electron chi connectivity index (χ2n) is 4.96. The van der Waals surface area contributed by atoms with Gasteiger partial charge in [-0.25, -0.2) is 4.89 Å². The van der Waals surface area contributed by atoms with Crippen molar-refractivity contribution in [3.63, 3.8) is 0 Å². The first kappa shape index (κ1) is 18.6. The van der Waals surface area contributed by atoms with Crippen molar-refractivity contribution in [2.24, 2.45) is 11.8 Å². The fourth-order valence-electron chi connectivity index (χ4n) is 1.86. The van der Waals surface area contributed by atoms with E-state index < -0.39 is 38.0 Å². The van der Waals surface area contributed by atoms with E-state index in [2.05, 4.69) is 4.67 Å². The van der Waals surface area contributed by atoms with Crippen LogP contribution >= 0.6 is 7.60 Å². The van der Waals surface area contributed by atoms with Crippen LogP contribution in [0.1, 0.15) is 19.3 Å². The molecular formula is C13H19O8P. The van der Waals surface area contributed by atoms with Crippen LogP contribution in [0.15, 0.2) is 24.3 Å². The second kappa shape index (κ2) is 8.85. The van der Waals surface area contributed by atoms with Gasteiger partial charge in [0.25, 0.3) is 0 Å². The first-order valence-electron chi connectivity index (χ1n) is 6.71. The molecule has 3 N–H and O–H groups in total. The lowest BCUT2D eigenvalue weighted by molar-refractivity contribution is -0.219. The first-order chi connectivity index (χ1) is 10.3. The maximum absolute atomic E-state index is 11.8. The van der Waals surface area contributed by atoms with E-state index in [4.69, 9.17) is 15.1 Å². The van der Waals surface area contributed by atoms with Gasteiger partial charge in [-0.2, -0.15) is 0 Å². The van der Waals surface area contributed by atoms with Gasteiger partial charge in [0.2, 0.25) is 0 Å². The first-order valence-corrected chi connectivity index (χ1v) is 8.47. The van der Waals surface area contributed by atoms with Gasteiger partial charge in [-0.05, 0) is 12.8 Å². The zero-order chi connectivity index (χ0) is 16.6. The highest BCUT2D eigenvalue weighted by atomic mass is 31.2. The summed E-state index contributed by atoms with van der Waals surface area (Å²) in [6.07, 6.45) is 6.82. The Morgan fingerprint density at radius 3 is 2.59 bits per heavy atom. The standard InChI is InChI=1S/C13H19O8P/c14-12(15)7-6-11(13(16)17)9-22(18,19)21-20-8-10-4-2-1-3-5-10/h1-4,10-11H,5-9H2,(H,14,15)(H,16,17)(H,18,19). The van der Waals surface area contributed by atoms with Gasteiger partial charge in [0, 0.05) is 12.3 Å². The van der Waals surface area contributed by atoms with Gasteiger partial charge < -0.3 is 15.1 Å². The molecule has 0 fully saturated rings. The van der Waals surface area contributed by atoms with Gasteiger partial charge >= 0.3 is 19.5 Å². The third kappa shape index (κ3) is 7.51. The van der Waals surface area contributed by atoms with Crippen LogP contribution in [0.25, 0.3) is 0 Å². The molecule has 3 atom stereocenters. The summed E-state index contributed by atoms with van der Waals surface area (Å²) in [5.41, 5.74) is 0. The Bertz CT molecular complexity index is 498. The number of carboxylic acid groups (broad SMARTS) is 2. The molecule has 0 aromatic rings. The molecule has 1 rings (SSSR count). The van der Waals surface area contributed by atoms with Crippen molar-refractivity contribution < 1.29 is 38.8 Å². The van der Waals surface area contributed by atoms with Gasteiger partial charge in [-0.1, -0.05) is 24.3 Å². The van der Waals surface area contributed by atoms with Crippen LogP contribution in [0.2, 0.25) is 0 Å². The van der Waals surface area contributed by atoms with Crippen LogP contribution in [0, 0.1) is 11.8 Å². The maximum Gasteiger partial charge on any atom is 0.356 e. The summed E-state index contributed by atoms with van der Waals surface area (Å²) in [4.78, 5) is 35.7. The van der Waals surface area contributed by atoms with Gasteiger partial charge in [0.15, 0.2) is 0 Å². The fraction of sp³-hybridized carbons (Fsp3) is 0.538. The van der Waals surface area contributed by atoms with Crippen molar-refractivity contribution in [1.82, 2.24) is 0 Å². The molecule has 0 bridgehead atoms. The average Bonchev–Trinajstić information content (AvgIpc) is 2.44. The van der Waals surface area contributed by atoms with Crippen molar-refractivity contribution in [1.29, 1.82) is 0 Å². The number of hydrogen-bond donors (Lipinski definition) is 3. The van der Waals surface area contributed by atoms with Crippen LogP contribution in [0.5, 0.6) is 0 Å². The summed E-state index contributed by atoms with van der Waals surface area (Å²) in [6.45, 7) is 0.0677. The van der Waals surface area contributed by atoms with Crippen LogP contribution in [0.3, 0.4) is 0 Å². The SMILES string of the molecule is O=C(O)CCC(CP(=O)(O)OOCC1C=CC=CC1)C(=O)O. The van der Waals surface area contributed by atoms with Crippen LogP contribution in [-0.2, 0) is 23.7 Å². The van der Waals surface area contributed by atoms with E-state index in [1.807, 2.05) is 24.3 Å². The molecule has 124 valence electrons. The summed E-state index contributed by atoms with van der Waals surface area (Å²) < 4.78 is 16.2. The van der Waals surface area contributed by atoms with Crippen molar-refractivity contribution in [3.05, 3.63) is 24.3 Å². The minimum absolute atomic E-state index is 0.0206. The predicted octanol–water partition coefficient (Wildman–Crippen LogP) is 1.82. The minimum Gasteiger partial charge on any atom is -0.481 e. The molecule has 0 radical (unpaired) electrons. The highest BCUT2D eigenvalue weighted by Gasteiger charge is 2.31. The molecule has 1 aliphatic carbocycles. The van der Waals surface area contributed by atoms with Crippen LogP contribution in [-0.4, -0.2) is 39.8 Å². The zero-order valence-electron chi connectivity index (χ0n) is 11.8. The normalized spacial score (nSPS) is 21.2. The van der Waals surface area contributed by atoms with Crippen molar-refractivity contribution in [2.45, 2.75) is 19.3 Å². The molecule has 0 amide bonds. The average molecular weight is 334 g/mol. The molecule has 0 heterocycles. The maximum atomic E-state index is 11.8. The molecule has 1 aliphatic rings. The Hall–Kier alpha value is -1.47. The highest BCUT2D eigenvalue weighted by Crippen LogP contribution is 2.45. The third-order valence-corrected chi connectivity index (χ3v) is 4.27. The Morgan fingerprint density at radius 1 is 1.32 bits per heavy atom. The molecule has 0 aromatic heterocycles. The van der Waals surface area contributed by atoms with E-state index in [0.29, 0.717) is 6.42 Å². The minimum atomic E-state index is -4.27. The van der Waals surface area contributed by atoms with Crippen molar-refractivity contribution in [2.75, 3.05) is 12.8 Å². The lowest BCUT2D eigenvalue weighted by atomic mass is 10.0. The number of carbonyl (C=O) groups is 2. The number of rotatable bonds is 10. The smallest absolute Gasteiger partial charge is 0.356 e. The summed E-state index contributed by atoms with van der Waals surface area (Å²) in [7, 11) is -4.27. The predicted molar refractivity (Wildman–Crippen MR) is 76.1 cm³/mol. The van der Waals surface area contributed by atoms with Crippen LogP contribution in [0.4, 0.5) is 0 Å². The van der Waals surface area contributed by atoms with E-state index >= 15 is 0 Å². The molecule has 0 aliphatic heterocycles. The number of hydrogen-bond acceptors (Lipinski definition) is 5. The lowest BCUT2D eigenvalue weighted by Gasteiger charge is -2.17. The van der Waals surface area contributed by atoms with Gasteiger partial charge in [0.05, 0.1) is 18.7 Å². The molecule has 0 aromatic carbocycles. The van der Waals surface area contributed by atoms with Crippen molar-refractivity contribution in [3.8, 4) is 0 Å².